The van der Waals surface area contributed by atoms with Crippen molar-refractivity contribution in [2.24, 2.45) is 0 Å². The number of hydrogen-bond donors (Lipinski definition) is 0. The van der Waals surface area contributed by atoms with Gasteiger partial charge in [0.25, 0.3) is 0 Å². The summed E-state index contributed by atoms with van der Waals surface area (Å²) in [4.78, 5) is 0.912. The van der Waals surface area contributed by atoms with E-state index in [9.17, 15) is 0 Å². The highest BCUT2D eigenvalue weighted by Crippen LogP contribution is 2.31. The lowest BCUT2D eigenvalue weighted by molar-refractivity contribution is 0.470. The summed E-state index contributed by atoms with van der Waals surface area (Å²) < 4.78 is 5.41. The van der Waals surface area contributed by atoms with Crippen LogP contribution in [0.3, 0.4) is 0 Å². The Hall–Kier alpha value is -0.710. The molecule has 0 aliphatic carbocycles. The van der Waals surface area contributed by atoms with E-state index in [-0.39, 0.29) is 0 Å². The fraction of sp³-hybridized carbons (Fsp3) is 0.273. The zero-order valence-electron chi connectivity index (χ0n) is 9.11. The average molecular weight is 289 g/mol. The second kappa shape index (κ2) is 5.76. The Kier molecular flexibility index (Phi) is 4.31. The van der Waals surface area contributed by atoms with Gasteiger partial charge < -0.3 is 4.42 Å². The largest absolute Gasteiger partial charge is 0.424 e. The molecular formula is C11H10Cl2N2OS. The van der Waals surface area contributed by atoms with Crippen LogP contribution in [0.5, 0.6) is 0 Å². The van der Waals surface area contributed by atoms with Crippen LogP contribution >= 0.6 is 35.0 Å². The topological polar surface area (TPSA) is 38.9 Å². The minimum Gasteiger partial charge on any atom is -0.424 e. The Labute approximate surface area is 114 Å². The van der Waals surface area contributed by atoms with Crippen molar-refractivity contribution in [1.29, 1.82) is 0 Å². The summed E-state index contributed by atoms with van der Waals surface area (Å²) in [5.41, 5.74) is 0. The summed E-state index contributed by atoms with van der Waals surface area (Å²) in [5.74, 6) is 1.84. The first-order chi connectivity index (χ1) is 8.19. The minimum atomic E-state index is 0.590. The molecule has 0 bridgehead atoms. The molecule has 0 saturated carbocycles. The van der Waals surface area contributed by atoms with Crippen molar-refractivity contribution in [3.05, 3.63) is 40.0 Å². The van der Waals surface area contributed by atoms with E-state index in [2.05, 4.69) is 10.2 Å². The molecule has 0 saturated heterocycles. The van der Waals surface area contributed by atoms with E-state index in [4.69, 9.17) is 27.6 Å². The molecule has 0 aliphatic heterocycles. The van der Waals surface area contributed by atoms with Crippen molar-refractivity contribution in [2.75, 3.05) is 0 Å². The Balaban J connectivity index is 2.04. The first kappa shape index (κ1) is 12.7. The summed E-state index contributed by atoms with van der Waals surface area (Å²) in [6.07, 6.45) is 0.746. The number of thioether (sulfide) groups is 1. The van der Waals surface area contributed by atoms with Crippen molar-refractivity contribution < 1.29 is 4.42 Å². The van der Waals surface area contributed by atoms with E-state index < -0.39 is 0 Å². The molecule has 0 aliphatic rings. The van der Waals surface area contributed by atoms with Crippen LogP contribution in [-0.4, -0.2) is 10.2 Å². The van der Waals surface area contributed by atoms with E-state index in [0.29, 0.717) is 27.6 Å². The third-order valence-electron chi connectivity index (χ3n) is 2.06. The molecule has 17 heavy (non-hydrogen) atoms. The Morgan fingerprint density at radius 3 is 2.71 bits per heavy atom. The predicted octanol–water partition coefficient (Wildman–Crippen LogP) is 4.23. The van der Waals surface area contributed by atoms with Crippen molar-refractivity contribution in [1.82, 2.24) is 10.2 Å². The smallest absolute Gasteiger partial charge is 0.226 e. The maximum absolute atomic E-state index is 6.05. The summed E-state index contributed by atoms with van der Waals surface area (Å²) in [5, 5.41) is 9.18. The molecule has 2 rings (SSSR count). The number of nitrogens with zero attached hydrogens (tertiary/aromatic N) is 2. The Morgan fingerprint density at radius 2 is 2.00 bits per heavy atom. The van der Waals surface area contributed by atoms with Crippen LogP contribution in [0, 0.1) is 0 Å². The van der Waals surface area contributed by atoms with Gasteiger partial charge in [0, 0.05) is 16.3 Å². The van der Waals surface area contributed by atoms with Crippen LogP contribution in [0.15, 0.2) is 27.5 Å². The molecular weight excluding hydrogens is 279 g/mol. The van der Waals surface area contributed by atoms with E-state index >= 15 is 0 Å². The van der Waals surface area contributed by atoms with E-state index in [1.807, 2.05) is 13.0 Å². The molecule has 0 unspecified atom stereocenters. The molecule has 0 N–H and O–H groups in total. The number of benzene rings is 1. The van der Waals surface area contributed by atoms with Gasteiger partial charge in [0.2, 0.25) is 11.8 Å². The summed E-state index contributed by atoms with van der Waals surface area (Å²) in [6, 6.07) is 5.36. The molecule has 2 aromatic rings. The zero-order chi connectivity index (χ0) is 12.3. The van der Waals surface area contributed by atoms with E-state index in [1.54, 1.807) is 12.1 Å². The summed E-state index contributed by atoms with van der Waals surface area (Å²) in [6.45, 7) is 1.97. The Bertz CT molecular complexity index is 516. The molecule has 0 fully saturated rings. The lowest BCUT2D eigenvalue weighted by Crippen LogP contribution is -1.81. The van der Waals surface area contributed by atoms with E-state index in [0.717, 1.165) is 11.3 Å². The molecule has 6 heteroatoms. The van der Waals surface area contributed by atoms with Gasteiger partial charge in [0.05, 0.1) is 10.8 Å². The number of aromatic nitrogens is 2. The second-order valence-electron chi connectivity index (χ2n) is 3.31. The second-order valence-corrected chi connectivity index (χ2v) is 5.17. The lowest BCUT2D eigenvalue weighted by Gasteiger charge is -2.02. The fourth-order valence-electron chi connectivity index (χ4n) is 1.22. The number of rotatable bonds is 4. The van der Waals surface area contributed by atoms with Gasteiger partial charge in [0.15, 0.2) is 0 Å². The molecule has 1 heterocycles. The molecule has 3 nitrogen and oxygen atoms in total. The molecule has 0 atom stereocenters. The van der Waals surface area contributed by atoms with Gasteiger partial charge in [-0.3, -0.25) is 0 Å². The molecule has 0 radical (unpaired) electrons. The maximum Gasteiger partial charge on any atom is 0.226 e. The van der Waals surface area contributed by atoms with Gasteiger partial charge in [-0.1, -0.05) is 30.1 Å². The monoisotopic (exact) mass is 288 g/mol. The summed E-state index contributed by atoms with van der Waals surface area (Å²) in [7, 11) is 0. The van der Waals surface area contributed by atoms with Crippen LogP contribution < -0.4 is 0 Å². The zero-order valence-corrected chi connectivity index (χ0v) is 11.4. The summed E-state index contributed by atoms with van der Waals surface area (Å²) >= 11 is 13.5. The van der Waals surface area contributed by atoms with Crippen molar-refractivity contribution >= 4 is 35.0 Å². The van der Waals surface area contributed by atoms with Gasteiger partial charge in [-0.25, -0.2) is 0 Å². The third-order valence-corrected chi connectivity index (χ3v) is 3.77. The first-order valence-corrected chi connectivity index (χ1v) is 6.82. The van der Waals surface area contributed by atoms with Crippen LogP contribution in [0.4, 0.5) is 0 Å². The first-order valence-electron chi connectivity index (χ1n) is 5.08. The predicted molar refractivity (Wildman–Crippen MR) is 69.7 cm³/mol. The molecule has 1 aromatic heterocycles. The highest BCUT2D eigenvalue weighted by Gasteiger charge is 2.07. The van der Waals surface area contributed by atoms with Gasteiger partial charge >= 0.3 is 0 Å². The highest BCUT2D eigenvalue weighted by molar-refractivity contribution is 7.98. The SMILES string of the molecule is CCc1nnc(CSc2cc(Cl)ccc2Cl)o1. The molecule has 1 aromatic carbocycles. The quantitative estimate of drug-likeness (QED) is 0.789. The molecule has 0 amide bonds. The van der Waals surface area contributed by atoms with Gasteiger partial charge in [-0.05, 0) is 18.2 Å². The van der Waals surface area contributed by atoms with E-state index in [1.165, 1.54) is 11.8 Å². The van der Waals surface area contributed by atoms with Crippen LogP contribution in [0.1, 0.15) is 18.7 Å². The lowest BCUT2D eigenvalue weighted by atomic mass is 10.4. The van der Waals surface area contributed by atoms with Gasteiger partial charge in [0.1, 0.15) is 0 Å². The van der Waals surface area contributed by atoms with Crippen LogP contribution in [-0.2, 0) is 12.2 Å². The molecule has 90 valence electrons. The highest BCUT2D eigenvalue weighted by atomic mass is 35.5. The normalized spacial score (nSPS) is 10.8. The van der Waals surface area contributed by atoms with Gasteiger partial charge in [-0.2, -0.15) is 0 Å². The average Bonchev–Trinajstić information content (AvgIpc) is 2.78. The van der Waals surface area contributed by atoms with Crippen LogP contribution in [0.25, 0.3) is 0 Å². The molecule has 0 spiro atoms. The number of hydrogen-bond acceptors (Lipinski definition) is 4. The van der Waals surface area contributed by atoms with Crippen LogP contribution in [0.2, 0.25) is 10.0 Å². The Morgan fingerprint density at radius 1 is 1.24 bits per heavy atom. The van der Waals surface area contributed by atoms with Crippen molar-refractivity contribution in [2.45, 2.75) is 24.0 Å². The minimum absolute atomic E-state index is 0.590. The fourth-order valence-corrected chi connectivity index (χ4v) is 2.55. The van der Waals surface area contributed by atoms with Crippen molar-refractivity contribution in [3.8, 4) is 0 Å². The number of aryl methyl sites for hydroxylation is 1. The number of halogens is 2. The maximum atomic E-state index is 6.05. The standard InChI is InChI=1S/C11H10Cl2N2OS/c1-2-10-14-15-11(16-10)6-17-9-5-7(12)3-4-8(9)13/h3-5H,2,6H2,1H3. The third kappa shape index (κ3) is 3.37. The van der Waals surface area contributed by atoms with Gasteiger partial charge in [-0.15, -0.1) is 22.0 Å². The van der Waals surface area contributed by atoms with Crippen molar-refractivity contribution in [3.63, 3.8) is 0 Å².